The average Bonchev–Trinajstić information content (AvgIpc) is 2.40. The Morgan fingerprint density at radius 2 is 2.36 bits per heavy atom. The van der Waals surface area contributed by atoms with Crippen molar-refractivity contribution in [1.82, 2.24) is 4.90 Å². The molecule has 0 N–H and O–H groups in total. The number of aliphatic imine (C=N–C) groups is 1. The van der Waals surface area contributed by atoms with Crippen molar-refractivity contribution < 1.29 is 0 Å². The summed E-state index contributed by atoms with van der Waals surface area (Å²) in [4.78, 5) is 6.91. The Morgan fingerprint density at radius 3 is 2.93 bits per heavy atom. The lowest BCUT2D eigenvalue weighted by atomic mass is 9.27. The summed E-state index contributed by atoms with van der Waals surface area (Å²) in [5.41, 5.74) is 1.62. The molecule has 0 amide bonds. The van der Waals surface area contributed by atoms with Gasteiger partial charge in [-0.2, -0.15) is 0 Å². The van der Waals surface area contributed by atoms with Gasteiger partial charge in [0.1, 0.15) is 0 Å². The zero-order chi connectivity index (χ0) is 10.2. The summed E-state index contributed by atoms with van der Waals surface area (Å²) in [7, 11) is 2.14. The van der Waals surface area contributed by atoms with Crippen LogP contribution in [0.4, 0.5) is 0 Å². The largest absolute Gasteiger partial charge is 0.300 e. The Bertz CT molecular complexity index is 299. The summed E-state index contributed by atoms with van der Waals surface area (Å²) in [6, 6.07) is 0. The summed E-state index contributed by atoms with van der Waals surface area (Å²) in [5.74, 6) is 2.36. The molecule has 74 valence electrons. The molecule has 1 spiro atoms. The molecule has 2 saturated heterocycles. The van der Waals surface area contributed by atoms with Gasteiger partial charge in [-0.1, -0.05) is 0 Å². The monoisotopic (exact) mass is 189 g/mol. The zero-order valence-corrected chi connectivity index (χ0v) is 8.95. The molecule has 4 heteroatoms. The summed E-state index contributed by atoms with van der Waals surface area (Å²) in [5, 5.41) is 8.81. The average molecular weight is 189 g/mol. The third-order valence-electron chi connectivity index (χ3n) is 3.41. The summed E-state index contributed by atoms with van der Waals surface area (Å²) in [6.45, 7) is 5.35. The van der Waals surface area contributed by atoms with Gasteiger partial charge in [-0.15, -0.1) is 0 Å². The highest BCUT2D eigenvalue weighted by Crippen LogP contribution is 2.47. The molecule has 0 unspecified atom stereocenters. The van der Waals surface area contributed by atoms with E-state index in [0.29, 0.717) is 0 Å². The fourth-order valence-corrected chi connectivity index (χ4v) is 2.84. The predicted octanol–water partition coefficient (Wildman–Crippen LogP) is 0.950. The Morgan fingerprint density at radius 1 is 1.64 bits per heavy atom. The van der Waals surface area contributed by atoms with Gasteiger partial charge in [0.05, 0.1) is 0 Å². The van der Waals surface area contributed by atoms with Crippen LogP contribution < -0.4 is 0 Å². The minimum Gasteiger partial charge on any atom is -0.300 e. The number of hydrogen-bond acceptors (Lipinski definition) is 3. The second kappa shape index (κ2) is 3.40. The molecule has 0 saturated carbocycles. The first kappa shape index (κ1) is 9.73. The van der Waals surface area contributed by atoms with E-state index in [1.165, 1.54) is 5.71 Å². The van der Waals surface area contributed by atoms with Gasteiger partial charge < -0.3 is 4.90 Å². The Kier molecular flexibility index (Phi) is 2.36. The van der Waals surface area contributed by atoms with Gasteiger partial charge in [0, 0.05) is 36.7 Å². The number of hydrogen-bond donors (Lipinski definition) is 0. The number of likely N-dealkylation sites (tertiary alicyclic amines) is 1. The fourth-order valence-electron chi connectivity index (χ4n) is 2.84. The van der Waals surface area contributed by atoms with E-state index in [0.717, 1.165) is 32.3 Å². The first-order valence-corrected chi connectivity index (χ1v) is 5.32. The molecular formula is C10H16BN3. The fraction of sp³-hybridized carbons (Fsp3) is 0.800. The van der Waals surface area contributed by atoms with Gasteiger partial charge in [-0.25, -0.2) is 5.26 Å². The lowest BCUT2D eigenvalue weighted by molar-refractivity contribution is 0.332. The molecule has 3 nitrogen and oxygen atoms in total. The van der Waals surface area contributed by atoms with E-state index in [1.807, 2.05) is 0 Å². The van der Waals surface area contributed by atoms with Crippen molar-refractivity contribution in [2.24, 2.45) is 10.4 Å². The van der Waals surface area contributed by atoms with Crippen LogP contribution in [0.25, 0.3) is 0 Å². The molecule has 0 radical (unpaired) electrons. The van der Waals surface area contributed by atoms with Crippen molar-refractivity contribution in [1.29, 1.82) is 5.26 Å². The Labute approximate surface area is 85.9 Å². The van der Waals surface area contributed by atoms with E-state index in [4.69, 9.17) is 5.26 Å². The number of rotatable bonds is 1. The first-order chi connectivity index (χ1) is 6.70. The van der Waals surface area contributed by atoms with E-state index in [1.54, 1.807) is 0 Å². The van der Waals surface area contributed by atoms with Gasteiger partial charge in [0.15, 0.2) is 0 Å². The number of nitriles is 1. The molecule has 14 heavy (non-hydrogen) atoms. The van der Waals surface area contributed by atoms with Crippen molar-refractivity contribution in [3.05, 3.63) is 0 Å². The zero-order valence-electron chi connectivity index (χ0n) is 8.95. The van der Waals surface area contributed by atoms with E-state index in [2.05, 4.69) is 29.8 Å². The molecular weight excluding hydrogens is 173 g/mol. The van der Waals surface area contributed by atoms with Crippen LogP contribution in [0.3, 0.4) is 0 Å². The van der Waals surface area contributed by atoms with Gasteiger partial charge in [0.25, 0.3) is 6.71 Å². The van der Waals surface area contributed by atoms with Crippen LogP contribution in [0.15, 0.2) is 4.99 Å². The topological polar surface area (TPSA) is 39.4 Å². The second-order valence-electron chi connectivity index (χ2n) is 4.61. The molecule has 2 aliphatic heterocycles. The van der Waals surface area contributed by atoms with Crippen LogP contribution in [0, 0.1) is 16.6 Å². The molecule has 2 aliphatic rings. The lowest BCUT2D eigenvalue weighted by Gasteiger charge is -2.40. The minimum atomic E-state index is 0.281. The maximum absolute atomic E-state index is 8.81. The van der Waals surface area contributed by atoms with Gasteiger partial charge in [-0.3, -0.25) is 4.99 Å². The molecule has 0 aliphatic carbocycles. The highest BCUT2D eigenvalue weighted by Gasteiger charge is 2.53. The highest BCUT2D eigenvalue weighted by atomic mass is 15.2. The predicted molar refractivity (Wildman–Crippen MR) is 58.9 cm³/mol. The van der Waals surface area contributed by atoms with Crippen LogP contribution in [0.2, 0.25) is 12.6 Å². The summed E-state index contributed by atoms with van der Waals surface area (Å²) < 4.78 is 0. The molecule has 2 heterocycles. The third-order valence-corrected chi connectivity index (χ3v) is 3.41. The minimum absolute atomic E-state index is 0.281. The third kappa shape index (κ3) is 1.36. The van der Waals surface area contributed by atoms with E-state index in [-0.39, 0.29) is 12.1 Å². The van der Waals surface area contributed by atoms with Crippen molar-refractivity contribution in [3.8, 4) is 5.97 Å². The maximum atomic E-state index is 8.81. The molecule has 2 rings (SSSR count). The van der Waals surface area contributed by atoms with Gasteiger partial charge >= 0.3 is 0 Å². The molecule has 0 aromatic rings. The van der Waals surface area contributed by atoms with E-state index in [9.17, 15) is 0 Å². The normalized spacial score (nSPS) is 28.1. The smallest absolute Gasteiger partial charge is 0.269 e. The quantitative estimate of drug-likeness (QED) is 0.576. The Hall–Kier alpha value is -0.815. The summed E-state index contributed by atoms with van der Waals surface area (Å²) in [6.07, 6.45) is 2.07. The van der Waals surface area contributed by atoms with Crippen molar-refractivity contribution >= 4 is 12.4 Å². The van der Waals surface area contributed by atoms with Crippen LogP contribution >= 0.6 is 0 Å². The molecule has 0 aromatic heterocycles. The van der Waals surface area contributed by atoms with Crippen LogP contribution in [-0.4, -0.2) is 44.0 Å². The highest BCUT2D eigenvalue weighted by molar-refractivity contribution is 6.71. The van der Waals surface area contributed by atoms with Crippen molar-refractivity contribution in [3.63, 3.8) is 0 Å². The van der Waals surface area contributed by atoms with E-state index >= 15 is 0 Å². The molecule has 2 fully saturated rings. The van der Waals surface area contributed by atoms with Crippen LogP contribution in [0.5, 0.6) is 0 Å². The van der Waals surface area contributed by atoms with Crippen molar-refractivity contribution in [2.75, 3.05) is 26.7 Å². The summed E-state index contributed by atoms with van der Waals surface area (Å²) >= 11 is 0. The number of nitrogens with zero attached hydrogens (tertiary/aromatic N) is 3. The standard InChI is InChI=1S/C10H16BN3/c1-3-13-9-4-14(2)7-10(9)5-11(6-10)8-12/h3-7H2,1-2H3/b13-9-. The van der Waals surface area contributed by atoms with Gasteiger partial charge in [0.2, 0.25) is 0 Å². The van der Waals surface area contributed by atoms with Crippen LogP contribution in [0.1, 0.15) is 6.92 Å². The molecule has 0 bridgehead atoms. The first-order valence-electron chi connectivity index (χ1n) is 5.32. The molecule has 0 aromatic carbocycles. The Balaban J connectivity index is 2.12. The lowest BCUT2D eigenvalue weighted by Crippen LogP contribution is -2.47. The maximum Gasteiger partial charge on any atom is 0.269 e. The van der Waals surface area contributed by atoms with Gasteiger partial charge in [-0.05, 0) is 26.6 Å². The molecule has 0 atom stereocenters. The second-order valence-corrected chi connectivity index (χ2v) is 4.61. The van der Waals surface area contributed by atoms with Crippen molar-refractivity contribution in [2.45, 2.75) is 19.6 Å². The van der Waals surface area contributed by atoms with Crippen LogP contribution in [-0.2, 0) is 0 Å². The van der Waals surface area contributed by atoms with E-state index < -0.39 is 0 Å². The SMILES string of the molecule is CC/N=C1/CN(C)CC12CB(C#N)C2.